The number of hydrogen-bond donors (Lipinski definition) is 0. The van der Waals surface area contributed by atoms with Crippen molar-refractivity contribution in [1.29, 1.82) is 0 Å². The fraction of sp³-hybridized carbons (Fsp3) is 0.500. The Bertz CT molecular complexity index is 900. The van der Waals surface area contributed by atoms with E-state index in [2.05, 4.69) is 42.8 Å². The Morgan fingerprint density at radius 2 is 1.39 bits per heavy atom. The van der Waals surface area contributed by atoms with Crippen molar-refractivity contribution in [2.24, 2.45) is 4.99 Å². The highest BCUT2D eigenvalue weighted by Crippen LogP contribution is 2.19. The Morgan fingerprint density at radius 3 is 1.97 bits per heavy atom. The average molecular weight is 492 g/mol. The van der Waals surface area contributed by atoms with Crippen molar-refractivity contribution in [3.63, 3.8) is 0 Å². The SMILES string of the molecule is C=C(C)C(=O)OCCCCCCCCCCCOc1ccc(N=Cc2ccc(CCCC)cc2)cc1. The van der Waals surface area contributed by atoms with E-state index in [1.165, 1.54) is 56.9 Å². The van der Waals surface area contributed by atoms with Gasteiger partial charge in [-0.15, -0.1) is 0 Å². The van der Waals surface area contributed by atoms with Gasteiger partial charge in [0.1, 0.15) is 5.75 Å². The second kappa shape index (κ2) is 18.4. The maximum Gasteiger partial charge on any atom is 0.333 e. The Labute approximate surface area is 218 Å². The summed E-state index contributed by atoms with van der Waals surface area (Å²) in [5.41, 5.74) is 3.92. The third-order valence-electron chi connectivity index (χ3n) is 6.14. The van der Waals surface area contributed by atoms with Crippen molar-refractivity contribution in [2.45, 2.75) is 90.9 Å². The Hall–Kier alpha value is -2.88. The normalized spacial score (nSPS) is 11.1. The van der Waals surface area contributed by atoms with E-state index in [0.29, 0.717) is 12.2 Å². The number of carbonyl (C=O) groups excluding carboxylic acids is 1. The maximum absolute atomic E-state index is 11.3. The number of ether oxygens (including phenoxy) is 2. The molecule has 4 heteroatoms. The number of unbranched alkanes of at least 4 members (excludes halogenated alkanes) is 9. The molecule has 0 unspecified atom stereocenters. The number of hydrogen-bond acceptors (Lipinski definition) is 4. The predicted molar refractivity (Wildman–Crippen MR) is 152 cm³/mol. The topological polar surface area (TPSA) is 47.9 Å². The van der Waals surface area contributed by atoms with Crippen LogP contribution in [0.1, 0.15) is 95.6 Å². The number of aliphatic imine (C=N–C) groups is 1. The quantitative estimate of drug-likeness (QED) is 0.0853. The third-order valence-corrected chi connectivity index (χ3v) is 6.14. The van der Waals surface area contributed by atoms with Crippen molar-refractivity contribution in [3.8, 4) is 5.75 Å². The lowest BCUT2D eigenvalue weighted by atomic mass is 10.1. The molecule has 2 aromatic rings. The molecule has 2 aromatic carbocycles. The van der Waals surface area contributed by atoms with Gasteiger partial charge in [-0.1, -0.05) is 89.1 Å². The van der Waals surface area contributed by atoms with Gasteiger partial charge in [0, 0.05) is 11.8 Å². The molecule has 0 saturated carbocycles. The van der Waals surface area contributed by atoms with Crippen molar-refractivity contribution < 1.29 is 14.3 Å². The summed E-state index contributed by atoms with van der Waals surface area (Å²) in [6, 6.07) is 16.7. The molecule has 0 N–H and O–H groups in total. The molecule has 0 atom stereocenters. The summed E-state index contributed by atoms with van der Waals surface area (Å²) in [6.07, 6.45) is 16.1. The molecule has 0 spiro atoms. The third kappa shape index (κ3) is 13.3. The summed E-state index contributed by atoms with van der Waals surface area (Å²) in [6.45, 7) is 8.75. The molecule has 4 nitrogen and oxygen atoms in total. The molecule has 36 heavy (non-hydrogen) atoms. The molecule has 196 valence electrons. The molecule has 0 aliphatic rings. The smallest absolute Gasteiger partial charge is 0.333 e. The lowest BCUT2D eigenvalue weighted by Gasteiger charge is -2.07. The Morgan fingerprint density at radius 1 is 0.806 bits per heavy atom. The highest BCUT2D eigenvalue weighted by Gasteiger charge is 2.02. The zero-order valence-electron chi connectivity index (χ0n) is 22.5. The molecule has 0 saturated heterocycles. The van der Waals surface area contributed by atoms with Crippen LogP contribution >= 0.6 is 0 Å². The first-order valence-electron chi connectivity index (χ1n) is 13.8. The summed E-state index contributed by atoms with van der Waals surface area (Å²) < 4.78 is 11.0. The summed E-state index contributed by atoms with van der Waals surface area (Å²) in [4.78, 5) is 15.9. The van der Waals surface area contributed by atoms with Crippen LogP contribution in [0, 0.1) is 0 Å². The molecule has 0 radical (unpaired) electrons. The molecule has 0 aliphatic carbocycles. The van der Waals surface area contributed by atoms with Crippen LogP contribution in [0.2, 0.25) is 0 Å². The van der Waals surface area contributed by atoms with Crippen LogP contribution < -0.4 is 4.74 Å². The second-order valence-electron chi connectivity index (χ2n) is 9.54. The Balaban J connectivity index is 1.47. The van der Waals surface area contributed by atoms with Crippen LogP contribution in [0.4, 0.5) is 5.69 Å². The predicted octanol–water partition coefficient (Wildman–Crippen LogP) is 8.79. The van der Waals surface area contributed by atoms with Gasteiger partial charge in [0.05, 0.1) is 18.9 Å². The lowest BCUT2D eigenvalue weighted by Crippen LogP contribution is -2.05. The summed E-state index contributed by atoms with van der Waals surface area (Å²) in [7, 11) is 0. The van der Waals surface area contributed by atoms with Crippen LogP contribution in [-0.4, -0.2) is 25.4 Å². The number of aryl methyl sites for hydroxylation is 1. The van der Waals surface area contributed by atoms with Gasteiger partial charge in [-0.25, -0.2) is 4.79 Å². The van der Waals surface area contributed by atoms with Crippen molar-refractivity contribution in [2.75, 3.05) is 13.2 Å². The highest BCUT2D eigenvalue weighted by atomic mass is 16.5. The van der Waals surface area contributed by atoms with E-state index < -0.39 is 0 Å². The second-order valence-corrected chi connectivity index (χ2v) is 9.54. The molecule has 0 amide bonds. The van der Waals surface area contributed by atoms with Gasteiger partial charge in [0.15, 0.2) is 0 Å². The minimum Gasteiger partial charge on any atom is -0.494 e. The van der Waals surface area contributed by atoms with Gasteiger partial charge in [-0.2, -0.15) is 0 Å². The van der Waals surface area contributed by atoms with E-state index in [4.69, 9.17) is 9.47 Å². The van der Waals surface area contributed by atoms with Crippen molar-refractivity contribution >= 4 is 17.9 Å². The monoisotopic (exact) mass is 491 g/mol. The van der Waals surface area contributed by atoms with Crippen LogP contribution in [0.15, 0.2) is 65.7 Å². The zero-order valence-corrected chi connectivity index (χ0v) is 22.5. The minimum atomic E-state index is -0.278. The van der Waals surface area contributed by atoms with E-state index in [1.807, 2.05) is 30.5 Å². The maximum atomic E-state index is 11.3. The van der Waals surface area contributed by atoms with E-state index in [-0.39, 0.29) is 5.97 Å². The van der Waals surface area contributed by atoms with Crippen LogP contribution in [-0.2, 0) is 16.0 Å². The zero-order chi connectivity index (χ0) is 25.8. The molecule has 2 rings (SSSR count). The van der Waals surface area contributed by atoms with Gasteiger partial charge in [0.25, 0.3) is 0 Å². The summed E-state index contributed by atoms with van der Waals surface area (Å²) >= 11 is 0. The highest BCUT2D eigenvalue weighted by molar-refractivity contribution is 5.86. The molecule has 0 heterocycles. The first-order chi connectivity index (χ1) is 17.6. The molecule has 0 aromatic heterocycles. The largest absolute Gasteiger partial charge is 0.494 e. The number of benzene rings is 2. The van der Waals surface area contributed by atoms with Crippen molar-refractivity contribution in [3.05, 3.63) is 71.8 Å². The average Bonchev–Trinajstić information content (AvgIpc) is 2.90. The lowest BCUT2D eigenvalue weighted by molar-refractivity contribution is -0.139. The van der Waals surface area contributed by atoms with E-state index in [0.717, 1.165) is 49.3 Å². The first kappa shape index (κ1) is 29.4. The molecular weight excluding hydrogens is 446 g/mol. The molecule has 0 aliphatic heterocycles. The minimum absolute atomic E-state index is 0.278. The molecule has 0 bridgehead atoms. The number of rotatable bonds is 19. The fourth-order valence-corrected chi connectivity index (χ4v) is 3.85. The van der Waals surface area contributed by atoms with Gasteiger partial charge in [-0.3, -0.25) is 4.99 Å². The van der Waals surface area contributed by atoms with Crippen LogP contribution in [0.25, 0.3) is 0 Å². The molecule has 0 fully saturated rings. The fourth-order valence-electron chi connectivity index (χ4n) is 3.85. The molecular formula is C32H45NO3. The Kier molecular flexibility index (Phi) is 15.0. The standard InChI is InChI=1S/C32H45NO3/c1-4-5-15-28-16-18-29(19-17-28)26-33-30-20-22-31(23-21-30)35-24-13-11-9-7-6-8-10-12-14-25-36-32(34)27(2)3/h16-23,26H,2,4-15,24-25H2,1,3H3. The number of carbonyl (C=O) groups is 1. The van der Waals surface area contributed by atoms with Gasteiger partial charge in [0.2, 0.25) is 0 Å². The van der Waals surface area contributed by atoms with Crippen molar-refractivity contribution in [1.82, 2.24) is 0 Å². The van der Waals surface area contributed by atoms with Crippen LogP contribution in [0.5, 0.6) is 5.75 Å². The van der Waals surface area contributed by atoms with Gasteiger partial charge in [-0.05, 0) is 68.0 Å². The van der Waals surface area contributed by atoms with Gasteiger partial charge >= 0.3 is 5.97 Å². The number of nitrogens with zero attached hydrogens (tertiary/aromatic N) is 1. The van der Waals surface area contributed by atoms with E-state index in [1.54, 1.807) is 6.92 Å². The summed E-state index contributed by atoms with van der Waals surface area (Å²) in [5.74, 6) is 0.628. The van der Waals surface area contributed by atoms with E-state index in [9.17, 15) is 4.79 Å². The summed E-state index contributed by atoms with van der Waals surface area (Å²) in [5, 5.41) is 0. The number of esters is 1. The van der Waals surface area contributed by atoms with E-state index >= 15 is 0 Å². The van der Waals surface area contributed by atoms with Crippen LogP contribution in [0.3, 0.4) is 0 Å². The van der Waals surface area contributed by atoms with Gasteiger partial charge < -0.3 is 9.47 Å². The first-order valence-corrected chi connectivity index (χ1v) is 13.8.